The van der Waals surface area contributed by atoms with E-state index in [1.165, 1.54) is 6.92 Å². The van der Waals surface area contributed by atoms with Crippen molar-refractivity contribution in [1.82, 2.24) is 4.90 Å². The van der Waals surface area contributed by atoms with Gasteiger partial charge in [-0.3, -0.25) is 4.79 Å². The highest BCUT2D eigenvalue weighted by Crippen LogP contribution is 2.22. The Labute approximate surface area is 117 Å². The van der Waals surface area contributed by atoms with Crippen molar-refractivity contribution >= 4 is 29.3 Å². The van der Waals surface area contributed by atoms with Gasteiger partial charge in [0, 0.05) is 30.1 Å². The fraction of sp³-hybridized carbons (Fsp3) is 0.429. The maximum atomic E-state index is 12.1. The Morgan fingerprint density at radius 3 is 2.53 bits per heavy atom. The summed E-state index contributed by atoms with van der Waals surface area (Å²) in [6.07, 6.45) is 1.05. The van der Waals surface area contributed by atoms with Gasteiger partial charge in [-0.25, -0.2) is 4.79 Å². The summed E-state index contributed by atoms with van der Waals surface area (Å²) in [5, 5.41) is 2.85. The van der Waals surface area contributed by atoms with Gasteiger partial charge in [0.1, 0.15) is 0 Å². The van der Waals surface area contributed by atoms with Crippen molar-refractivity contribution in [1.29, 1.82) is 0 Å². The van der Waals surface area contributed by atoms with Crippen LogP contribution in [0.3, 0.4) is 0 Å². The number of carbonyl (C=O) groups is 2. The minimum atomic E-state index is -0.0944. The number of hydrogen-bond acceptors (Lipinski definition) is 3. The van der Waals surface area contributed by atoms with Crippen LogP contribution in [0.5, 0.6) is 0 Å². The third-order valence-corrected chi connectivity index (χ3v) is 4.46. The molecule has 0 aliphatic carbocycles. The SMILES string of the molecule is CC(=O)c1ccc(NC(=O)N(C)C2CCSC2)cc1. The van der Waals surface area contributed by atoms with Crippen LogP contribution in [0, 0.1) is 0 Å². The van der Waals surface area contributed by atoms with Gasteiger partial charge in [-0.15, -0.1) is 0 Å². The molecule has 1 N–H and O–H groups in total. The first kappa shape index (κ1) is 13.9. The molecule has 5 heteroatoms. The molecule has 2 rings (SSSR count). The zero-order chi connectivity index (χ0) is 13.8. The number of Topliss-reactive ketones (excluding diaryl/α,β-unsaturated/α-hetero) is 1. The largest absolute Gasteiger partial charge is 0.324 e. The van der Waals surface area contributed by atoms with Crippen molar-refractivity contribution in [2.75, 3.05) is 23.9 Å². The maximum absolute atomic E-state index is 12.1. The third-order valence-electron chi connectivity index (χ3n) is 3.32. The van der Waals surface area contributed by atoms with Gasteiger partial charge in [0.2, 0.25) is 0 Å². The van der Waals surface area contributed by atoms with Gasteiger partial charge in [0.05, 0.1) is 0 Å². The fourth-order valence-corrected chi connectivity index (χ4v) is 3.26. The third kappa shape index (κ3) is 3.50. The molecule has 1 aromatic rings. The first-order valence-electron chi connectivity index (χ1n) is 6.30. The molecule has 1 aliphatic heterocycles. The number of anilines is 1. The minimum absolute atomic E-state index is 0.0259. The predicted octanol–water partition coefficient (Wildman–Crippen LogP) is 2.86. The molecule has 1 heterocycles. The molecule has 4 nitrogen and oxygen atoms in total. The Bertz CT molecular complexity index is 467. The van der Waals surface area contributed by atoms with Gasteiger partial charge in [0.15, 0.2) is 5.78 Å². The van der Waals surface area contributed by atoms with Crippen molar-refractivity contribution < 1.29 is 9.59 Å². The molecule has 0 radical (unpaired) electrons. The molecule has 1 atom stereocenters. The predicted molar refractivity (Wildman–Crippen MR) is 79.0 cm³/mol. The number of nitrogens with zero attached hydrogens (tertiary/aromatic N) is 1. The van der Waals surface area contributed by atoms with E-state index in [9.17, 15) is 9.59 Å². The van der Waals surface area contributed by atoms with E-state index in [0.717, 1.165) is 17.9 Å². The highest BCUT2D eigenvalue weighted by Gasteiger charge is 2.23. The van der Waals surface area contributed by atoms with Crippen LogP contribution in [0.15, 0.2) is 24.3 Å². The molecule has 1 fully saturated rings. The van der Waals surface area contributed by atoms with Crippen molar-refractivity contribution in [3.63, 3.8) is 0 Å². The number of nitrogens with one attached hydrogen (secondary N) is 1. The van der Waals surface area contributed by atoms with Crippen molar-refractivity contribution in [2.24, 2.45) is 0 Å². The Morgan fingerprint density at radius 1 is 1.32 bits per heavy atom. The Balaban J connectivity index is 1.96. The second-order valence-electron chi connectivity index (χ2n) is 4.69. The molecular weight excluding hydrogens is 260 g/mol. The lowest BCUT2D eigenvalue weighted by Gasteiger charge is -2.24. The zero-order valence-corrected chi connectivity index (χ0v) is 12.0. The summed E-state index contributed by atoms with van der Waals surface area (Å²) in [5.41, 5.74) is 1.37. The first-order valence-corrected chi connectivity index (χ1v) is 7.46. The van der Waals surface area contributed by atoms with Crippen LogP contribution in [-0.2, 0) is 0 Å². The summed E-state index contributed by atoms with van der Waals surface area (Å²) in [4.78, 5) is 25.0. The van der Waals surface area contributed by atoms with Crippen LogP contribution in [0.1, 0.15) is 23.7 Å². The summed E-state index contributed by atoms with van der Waals surface area (Å²) in [7, 11) is 1.83. The Hall–Kier alpha value is -1.49. The smallest absolute Gasteiger partial charge is 0.321 e. The summed E-state index contributed by atoms with van der Waals surface area (Å²) < 4.78 is 0. The number of rotatable bonds is 3. The molecule has 0 saturated carbocycles. The average Bonchev–Trinajstić information content (AvgIpc) is 2.92. The first-order chi connectivity index (χ1) is 9.08. The minimum Gasteiger partial charge on any atom is -0.324 e. The quantitative estimate of drug-likeness (QED) is 0.865. The lowest BCUT2D eigenvalue weighted by molar-refractivity contribution is 0.101. The number of carbonyl (C=O) groups excluding carboxylic acids is 2. The van der Waals surface area contributed by atoms with Crippen LogP contribution in [0.2, 0.25) is 0 Å². The summed E-state index contributed by atoms with van der Waals surface area (Å²) in [5.74, 6) is 2.15. The molecule has 0 aromatic heterocycles. The van der Waals surface area contributed by atoms with E-state index in [0.29, 0.717) is 17.3 Å². The van der Waals surface area contributed by atoms with E-state index in [1.807, 2.05) is 18.8 Å². The van der Waals surface area contributed by atoms with E-state index in [1.54, 1.807) is 29.2 Å². The average molecular weight is 278 g/mol. The second-order valence-corrected chi connectivity index (χ2v) is 5.84. The normalized spacial score (nSPS) is 18.1. The van der Waals surface area contributed by atoms with E-state index in [-0.39, 0.29) is 11.8 Å². The van der Waals surface area contributed by atoms with Gasteiger partial charge in [-0.05, 0) is 43.4 Å². The van der Waals surface area contributed by atoms with Gasteiger partial charge >= 0.3 is 6.03 Å². The fourth-order valence-electron chi connectivity index (χ4n) is 1.99. The number of ketones is 1. The highest BCUT2D eigenvalue weighted by atomic mass is 32.2. The van der Waals surface area contributed by atoms with Crippen LogP contribution in [-0.4, -0.2) is 41.3 Å². The number of benzene rings is 1. The monoisotopic (exact) mass is 278 g/mol. The van der Waals surface area contributed by atoms with Crippen molar-refractivity contribution in [3.8, 4) is 0 Å². The maximum Gasteiger partial charge on any atom is 0.321 e. The van der Waals surface area contributed by atoms with Crippen LogP contribution < -0.4 is 5.32 Å². The van der Waals surface area contributed by atoms with Gasteiger partial charge < -0.3 is 10.2 Å². The van der Waals surface area contributed by atoms with Crippen LogP contribution in [0.4, 0.5) is 10.5 Å². The molecule has 1 saturated heterocycles. The highest BCUT2D eigenvalue weighted by molar-refractivity contribution is 7.99. The van der Waals surface area contributed by atoms with E-state index >= 15 is 0 Å². The molecule has 19 heavy (non-hydrogen) atoms. The number of urea groups is 1. The number of thioether (sulfide) groups is 1. The summed E-state index contributed by atoms with van der Waals surface area (Å²) in [6.45, 7) is 1.53. The van der Waals surface area contributed by atoms with Gasteiger partial charge in [0.25, 0.3) is 0 Å². The molecule has 1 aromatic carbocycles. The summed E-state index contributed by atoms with van der Waals surface area (Å²) >= 11 is 1.88. The van der Waals surface area contributed by atoms with E-state index < -0.39 is 0 Å². The Morgan fingerprint density at radius 2 is 2.00 bits per heavy atom. The topological polar surface area (TPSA) is 49.4 Å². The lowest BCUT2D eigenvalue weighted by Crippen LogP contribution is -2.39. The second kappa shape index (κ2) is 6.10. The summed E-state index contributed by atoms with van der Waals surface area (Å²) in [6, 6.07) is 7.19. The van der Waals surface area contributed by atoms with Crippen molar-refractivity contribution in [2.45, 2.75) is 19.4 Å². The zero-order valence-electron chi connectivity index (χ0n) is 11.2. The molecule has 0 spiro atoms. The molecular formula is C14H18N2O2S. The molecule has 102 valence electrons. The molecule has 1 aliphatic rings. The standard InChI is InChI=1S/C14H18N2O2S/c1-10(17)11-3-5-12(6-4-11)15-14(18)16(2)13-7-8-19-9-13/h3-6,13H,7-9H2,1-2H3,(H,15,18). The van der Waals surface area contributed by atoms with E-state index in [2.05, 4.69) is 5.32 Å². The number of amides is 2. The lowest BCUT2D eigenvalue weighted by atomic mass is 10.1. The van der Waals surface area contributed by atoms with Gasteiger partial charge in [-0.2, -0.15) is 11.8 Å². The van der Waals surface area contributed by atoms with E-state index in [4.69, 9.17) is 0 Å². The van der Waals surface area contributed by atoms with Crippen LogP contribution >= 0.6 is 11.8 Å². The molecule has 1 unspecified atom stereocenters. The number of hydrogen-bond donors (Lipinski definition) is 1. The van der Waals surface area contributed by atoms with Gasteiger partial charge in [-0.1, -0.05) is 0 Å². The Kier molecular flexibility index (Phi) is 4.47. The van der Waals surface area contributed by atoms with Crippen molar-refractivity contribution in [3.05, 3.63) is 29.8 Å². The van der Waals surface area contributed by atoms with Crippen LogP contribution in [0.25, 0.3) is 0 Å². The molecule has 2 amide bonds. The molecule has 0 bridgehead atoms.